The molecule has 0 saturated carbocycles. The lowest BCUT2D eigenvalue weighted by atomic mass is 10.1. The standard InChI is InChI=1S/C12H6F2.C2H6/c1-2-8-3-5-10-9(7-8)4-6-11(13)12(10)14;1-2/h1,3-7H;1-2H3. The van der Waals surface area contributed by atoms with Crippen molar-refractivity contribution in [3.05, 3.63) is 47.5 Å². The second-order valence-corrected chi connectivity index (χ2v) is 2.94. The van der Waals surface area contributed by atoms with Crippen molar-refractivity contribution >= 4 is 10.8 Å². The van der Waals surface area contributed by atoms with Crippen LogP contribution in [0.4, 0.5) is 8.78 Å². The third kappa shape index (κ3) is 2.20. The van der Waals surface area contributed by atoms with Crippen LogP contribution in [0.1, 0.15) is 19.4 Å². The summed E-state index contributed by atoms with van der Waals surface area (Å²) in [5, 5.41) is 0.864. The lowest BCUT2D eigenvalue weighted by Crippen LogP contribution is -1.86. The minimum absolute atomic E-state index is 0.254. The molecule has 16 heavy (non-hydrogen) atoms. The van der Waals surface area contributed by atoms with E-state index in [4.69, 9.17) is 6.42 Å². The smallest absolute Gasteiger partial charge is 0.166 e. The van der Waals surface area contributed by atoms with Crippen LogP contribution < -0.4 is 0 Å². The monoisotopic (exact) mass is 218 g/mol. The Balaban J connectivity index is 0.000000606. The van der Waals surface area contributed by atoms with Crippen LogP contribution in [0.25, 0.3) is 10.8 Å². The van der Waals surface area contributed by atoms with Gasteiger partial charge >= 0.3 is 0 Å². The molecule has 0 radical (unpaired) electrons. The normalized spacial score (nSPS) is 9.19. The lowest BCUT2D eigenvalue weighted by Gasteiger charge is -2.00. The molecule has 0 atom stereocenters. The number of benzene rings is 2. The summed E-state index contributed by atoms with van der Waals surface area (Å²) in [7, 11) is 0. The van der Waals surface area contributed by atoms with Gasteiger partial charge < -0.3 is 0 Å². The highest BCUT2D eigenvalue weighted by Crippen LogP contribution is 2.21. The van der Waals surface area contributed by atoms with Crippen LogP contribution in [0.15, 0.2) is 30.3 Å². The number of fused-ring (bicyclic) bond motifs is 1. The average molecular weight is 218 g/mol. The molecule has 0 N–H and O–H groups in total. The van der Waals surface area contributed by atoms with E-state index in [1.54, 1.807) is 12.1 Å². The lowest BCUT2D eigenvalue weighted by molar-refractivity contribution is 0.517. The molecule has 0 heterocycles. The molecule has 0 amide bonds. The van der Waals surface area contributed by atoms with E-state index in [0.29, 0.717) is 10.9 Å². The molecule has 0 bridgehead atoms. The van der Waals surface area contributed by atoms with Crippen LogP contribution in [0.5, 0.6) is 0 Å². The molecule has 0 aliphatic carbocycles. The summed E-state index contributed by atoms with van der Waals surface area (Å²) in [5.74, 6) is 0.768. The van der Waals surface area contributed by atoms with E-state index < -0.39 is 11.6 Å². The molecule has 0 spiro atoms. The van der Waals surface area contributed by atoms with E-state index in [2.05, 4.69) is 5.92 Å². The van der Waals surface area contributed by atoms with E-state index >= 15 is 0 Å². The molecule has 0 aliphatic rings. The van der Waals surface area contributed by atoms with Gasteiger partial charge in [-0.2, -0.15) is 0 Å². The Labute approximate surface area is 93.9 Å². The maximum atomic E-state index is 13.2. The zero-order valence-corrected chi connectivity index (χ0v) is 9.22. The molecule has 0 aromatic heterocycles. The zero-order valence-electron chi connectivity index (χ0n) is 9.22. The van der Waals surface area contributed by atoms with Crippen molar-refractivity contribution < 1.29 is 8.78 Å². The fourth-order valence-corrected chi connectivity index (χ4v) is 1.36. The molecule has 2 aromatic rings. The minimum atomic E-state index is -0.842. The second-order valence-electron chi connectivity index (χ2n) is 2.94. The van der Waals surface area contributed by atoms with Crippen molar-refractivity contribution in [1.29, 1.82) is 0 Å². The molecule has 2 heteroatoms. The minimum Gasteiger partial charge on any atom is -0.204 e. The molecule has 0 unspecified atom stereocenters. The highest BCUT2D eigenvalue weighted by Gasteiger charge is 2.06. The highest BCUT2D eigenvalue weighted by molar-refractivity contribution is 5.84. The van der Waals surface area contributed by atoms with Crippen LogP contribution in [-0.4, -0.2) is 0 Å². The zero-order chi connectivity index (χ0) is 12.1. The van der Waals surface area contributed by atoms with E-state index in [-0.39, 0.29) is 5.39 Å². The summed E-state index contributed by atoms with van der Waals surface area (Å²) >= 11 is 0. The van der Waals surface area contributed by atoms with Crippen molar-refractivity contribution in [1.82, 2.24) is 0 Å². The third-order valence-electron chi connectivity index (χ3n) is 2.07. The Hall–Kier alpha value is -1.88. The maximum Gasteiger partial charge on any atom is 0.166 e. The fourth-order valence-electron chi connectivity index (χ4n) is 1.36. The topological polar surface area (TPSA) is 0 Å². The summed E-state index contributed by atoms with van der Waals surface area (Å²) in [4.78, 5) is 0. The number of halogens is 2. The summed E-state index contributed by atoms with van der Waals surface area (Å²) < 4.78 is 26.0. The molecule has 2 rings (SSSR count). The molecular weight excluding hydrogens is 206 g/mol. The first-order valence-electron chi connectivity index (χ1n) is 5.07. The number of terminal acetylenes is 1. The highest BCUT2D eigenvalue weighted by atomic mass is 19.2. The van der Waals surface area contributed by atoms with Crippen LogP contribution in [0.3, 0.4) is 0 Å². The van der Waals surface area contributed by atoms with Gasteiger partial charge in [0.25, 0.3) is 0 Å². The summed E-state index contributed by atoms with van der Waals surface area (Å²) in [6.07, 6.45) is 5.19. The van der Waals surface area contributed by atoms with Gasteiger partial charge in [0.15, 0.2) is 11.6 Å². The van der Waals surface area contributed by atoms with Crippen molar-refractivity contribution in [3.8, 4) is 12.3 Å². The predicted octanol–water partition coefficient (Wildman–Crippen LogP) is 4.13. The van der Waals surface area contributed by atoms with Gasteiger partial charge in [-0.3, -0.25) is 0 Å². The molecule has 0 saturated heterocycles. The van der Waals surface area contributed by atoms with E-state index in [0.717, 1.165) is 6.07 Å². The van der Waals surface area contributed by atoms with Crippen LogP contribution >= 0.6 is 0 Å². The molecule has 2 aromatic carbocycles. The van der Waals surface area contributed by atoms with Crippen molar-refractivity contribution in [3.63, 3.8) is 0 Å². The van der Waals surface area contributed by atoms with Gasteiger partial charge in [0.2, 0.25) is 0 Å². The quantitative estimate of drug-likeness (QED) is 0.583. The van der Waals surface area contributed by atoms with Crippen LogP contribution in [0, 0.1) is 24.0 Å². The van der Waals surface area contributed by atoms with Crippen LogP contribution in [0.2, 0.25) is 0 Å². The first-order valence-corrected chi connectivity index (χ1v) is 5.07. The van der Waals surface area contributed by atoms with Gasteiger partial charge in [0.05, 0.1) is 0 Å². The fraction of sp³-hybridized carbons (Fsp3) is 0.143. The third-order valence-corrected chi connectivity index (χ3v) is 2.07. The Morgan fingerprint density at radius 2 is 1.75 bits per heavy atom. The van der Waals surface area contributed by atoms with E-state index in [1.165, 1.54) is 12.1 Å². The van der Waals surface area contributed by atoms with Gasteiger partial charge in [-0.15, -0.1) is 6.42 Å². The Bertz CT molecular complexity index is 536. The Kier molecular flexibility index (Phi) is 4.02. The SMILES string of the molecule is C#Cc1ccc2c(F)c(F)ccc2c1.CC. The largest absolute Gasteiger partial charge is 0.204 e. The van der Waals surface area contributed by atoms with Gasteiger partial charge in [0.1, 0.15) is 0 Å². The molecule has 0 aliphatic heterocycles. The number of hydrogen-bond donors (Lipinski definition) is 0. The first kappa shape index (κ1) is 12.2. The Morgan fingerprint density at radius 3 is 2.38 bits per heavy atom. The van der Waals surface area contributed by atoms with Gasteiger partial charge in [-0.05, 0) is 23.6 Å². The molecule has 0 nitrogen and oxygen atoms in total. The first-order chi connectivity index (χ1) is 7.72. The predicted molar refractivity (Wildman–Crippen MR) is 63.1 cm³/mol. The summed E-state index contributed by atoms with van der Waals surface area (Å²) in [6, 6.07) is 7.33. The average Bonchev–Trinajstić information content (AvgIpc) is 2.36. The van der Waals surface area contributed by atoms with Gasteiger partial charge in [0, 0.05) is 10.9 Å². The number of hydrogen-bond acceptors (Lipinski definition) is 0. The molecule has 0 fully saturated rings. The van der Waals surface area contributed by atoms with Gasteiger partial charge in [-0.1, -0.05) is 31.9 Å². The van der Waals surface area contributed by atoms with Gasteiger partial charge in [-0.25, -0.2) is 8.78 Å². The summed E-state index contributed by atoms with van der Waals surface area (Å²) in [6.45, 7) is 4.00. The molecular formula is C14H12F2. The van der Waals surface area contributed by atoms with Crippen molar-refractivity contribution in [2.45, 2.75) is 13.8 Å². The molecule has 82 valence electrons. The Morgan fingerprint density at radius 1 is 1.06 bits per heavy atom. The summed E-state index contributed by atoms with van der Waals surface area (Å²) in [5.41, 5.74) is 0.656. The second kappa shape index (κ2) is 5.27. The van der Waals surface area contributed by atoms with Crippen molar-refractivity contribution in [2.75, 3.05) is 0 Å². The van der Waals surface area contributed by atoms with Crippen LogP contribution in [-0.2, 0) is 0 Å². The number of rotatable bonds is 0. The van der Waals surface area contributed by atoms with E-state index in [9.17, 15) is 8.78 Å². The van der Waals surface area contributed by atoms with E-state index in [1.807, 2.05) is 13.8 Å². The maximum absolute atomic E-state index is 13.2. The van der Waals surface area contributed by atoms with Crippen molar-refractivity contribution in [2.24, 2.45) is 0 Å².